The van der Waals surface area contributed by atoms with E-state index in [4.69, 9.17) is 0 Å². The van der Waals surface area contributed by atoms with Crippen molar-refractivity contribution in [2.45, 2.75) is 0 Å². The van der Waals surface area contributed by atoms with E-state index in [1.54, 1.807) is 0 Å². The van der Waals surface area contributed by atoms with Gasteiger partial charge in [0.05, 0.1) is 9.77 Å². The van der Waals surface area contributed by atoms with Gasteiger partial charge in [0.2, 0.25) is 5.95 Å². The number of nitrogens with zero attached hydrogens (tertiary/aromatic N) is 3. The number of aromatic nitrogens is 3. The van der Waals surface area contributed by atoms with Gasteiger partial charge >= 0.3 is 10.2 Å². The highest BCUT2D eigenvalue weighted by molar-refractivity contribution is 14.1. The second-order valence-corrected chi connectivity index (χ2v) is 5.76. The Balaban J connectivity index is 2.86. The summed E-state index contributed by atoms with van der Waals surface area (Å²) in [7, 11) is -2.46. The Kier molecular flexibility index (Phi) is 2.84. The van der Waals surface area contributed by atoms with Gasteiger partial charge in [0.15, 0.2) is 5.65 Å². The predicted octanol–water partition coefficient (Wildman–Crippen LogP) is 0.487. The van der Waals surface area contributed by atoms with Crippen molar-refractivity contribution in [3.63, 3.8) is 0 Å². The molecule has 0 fully saturated rings. The highest BCUT2D eigenvalue weighted by Gasteiger charge is 2.18. The average Bonchev–Trinajstić information content (AvgIpc) is 2.56. The highest BCUT2D eigenvalue weighted by Crippen LogP contribution is 2.20. The van der Waals surface area contributed by atoms with E-state index in [1.165, 1.54) is 13.2 Å². The van der Waals surface area contributed by atoms with E-state index >= 15 is 0 Å². The van der Waals surface area contributed by atoms with E-state index in [-0.39, 0.29) is 5.65 Å². The standard InChI is InChI=1S/C7H6FIN4O2S/c1-10-16(14,15)13-3-4(9)6-7(13)12-5(8)2-11-6/h2-3,10H,1H3. The van der Waals surface area contributed by atoms with Gasteiger partial charge in [0.25, 0.3) is 0 Å². The first-order valence-electron chi connectivity index (χ1n) is 4.09. The molecule has 0 saturated heterocycles. The number of nitrogens with one attached hydrogen (secondary N) is 1. The van der Waals surface area contributed by atoms with Crippen LogP contribution in [0.4, 0.5) is 4.39 Å². The average molecular weight is 356 g/mol. The maximum absolute atomic E-state index is 12.9. The Labute approximate surface area is 104 Å². The van der Waals surface area contributed by atoms with Crippen LogP contribution in [-0.2, 0) is 10.2 Å². The first-order chi connectivity index (χ1) is 7.45. The van der Waals surface area contributed by atoms with Gasteiger partial charge in [-0.3, -0.25) is 0 Å². The Hall–Kier alpha value is -0.810. The van der Waals surface area contributed by atoms with Crippen molar-refractivity contribution in [1.29, 1.82) is 0 Å². The zero-order valence-electron chi connectivity index (χ0n) is 7.98. The molecule has 0 aliphatic carbocycles. The van der Waals surface area contributed by atoms with Gasteiger partial charge in [-0.05, 0) is 22.6 Å². The van der Waals surface area contributed by atoms with Crippen molar-refractivity contribution in [2.24, 2.45) is 0 Å². The number of fused-ring (bicyclic) bond motifs is 1. The summed E-state index contributed by atoms with van der Waals surface area (Å²) in [5.41, 5.74) is 0.319. The Morgan fingerprint density at radius 1 is 1.56 bits per heavy atom. The molecule has 86 valence electrons. The fourth-order valence-corrected chi connectivity index (χ4v) is 2.83. The lowest BCUT2D eigenvalue weighted by Gasteiger charge is -2.03. The van der Waals surface area contributed by atoms with E-state index in [1.807, 2.05) is 22.6 Å². The van der Waals surface area contributed by atoms with Crippen LogP contribution in [0.15, 0.2) is 12.4 Å². The van der Waals surface area contributed by atoms with E-state index in [0.717, 1.165) is 10.2 Å². The molecule has 0 aliphatic rings. The van der Waals surface area contributed by atoms with Gasteiger partial charge in [0.1, 0.15) is 5.52 Å². The molecule has 2 rings (SSSR count). The van der Waals surface area contributed by atoms with Crippen LogP contribution in [0.1, 0.15) is 0 Å². The molecule has 0 bridgehead atoms. The summed E-state index contributed by atoms with van der Waals surface area (Å²) < 4.78 is 39.7. The fraction of sp³-hybridized carbons (Fsp3) is 0.143. The zero-order chi connectivity index (χ0) is 11.9. The molecule has 0 atom stereocenters. The Morgan fingerprint density at radius 3 is 2.88 bits per heavy atom. The van der Waals surface area contributed by atoms with Crippen LogP contribution >= 0.6 is 22.6 Å². The van der Waals surface area contributed by atoms with Crippen LogP contribution in [0, 0.1) is 9.52 Å². The van der Waals surface area contributed by atoms with Crippen LogP contribution in [0.3, 0.4) is 0 Å². The van der Waals surface area contributed by atoms with E-state index < -0.39 is 16.2 Å². The molecule has 0 saturated carbocycles. The van der Waals surface area contributed by atoms with Crippen molar-refractivity contribution in [1.82, 2.24) is 18.7 Å². The third kappa shape index (κ3) is 1.78. The van der Waals surface area contributed by atoms with Gasteiger partial charge in [-0.25, -0.2) is 13.7 Å². The molecule has 6 nitrogen and oxygen atoms in total. The van der Waals surface area contributed by atoms with Crippen LogP contribution in [0.2, 0.25) is 0 Å². The summed E-state index contributed by atoms with van der Waals surface area (Å²) in [6.45, 7) is 0. The second-order valence-electron chi connectivity index (χ2n) is 2.85. The number of rotatable bonds is 2. The molecule has 0 amide bonds. The zero-order valence-corrected chi connectivity index (χ0v) is 11.0. The number of halogens is 2. The van der Waals surface area contributed by atoms with Crippen molar-refractivity contribution >= 4 is 44.0 Å². The van der Waals surface area contributed by atoms with E-state index in [0.29, 0.717) is 9.09 Å². The maximum Gasteiger partial charge on any atom is 0.306 e. The smallest absolute Gasteiger partial charge is 0.247 e. The monoisotopic (exact) mass is 356 g/mol. The minimum atomic E-state index is -3.73. The molecule has 0 aromatic carbocycles. The second kappa shape index (κ2) is 3.89. The summed E-state index contributed by atoms with van der Waals surface area (Å²) in [4.78, 5) is 7.31. The van der Waals surface area contributed by atoms with Crippen molar-refractivity contribution in [2.75, 3.05) is 7.05 Å². The van der Waals surface area contributed by atoms with Gasteiger partial charge in [-0.15, -0.1) is 0 Å². The molecule has 0 aliphatic heterocycles. The maximum atomic E-state index is 12.9. The molecule has 0 radical (unpaired) electrons. The first-order valence-corrected chi connectivity index (χ1v) is 6.60. The summed E-state index contributed by atoms with van der Waals surface area (Å²) in [5, 5.41) is 0. The molecule has 2 aromatic rings. The SMILES string of the molecule is CNS(=O)(=O)n1cc(I)c2ncc(F)nc21. The predicted molar refractivity (Wildman–Crippen MR) is 63.6 cm³/mol. The van der Waals surface area contributed by atoms with Crippen LogP contribution in [0.5, 0.6) is 0 Å². The third-order valence-electron chi connectivity index (χ3n) is 1.91. The summed E-state index contributed by atoms with van der Waals surface area (Å²) in [6.07, 6.45) is 2.28. The molecule has 2 heterocycles. The van der Waals surface area contributed by atoms with E-state index in [9.17, 15) is 12.8 Å². The lowest BCUT2D eigenvalue weighted by molar-refractivity contribution is 0.574. The Bertz CT molecular complexity index is 654. The van der Waals surface area contributed by atoms with Gasteiger partial charge in [-0.2, -0.15) is 17.8 Å². The minimum Gasteiger partial charge on any atom is -0.247 e. The summed E-state index contributed by atoms with van der Waals surface area (Å²) >= 11 is 1.91. The van der Waals surface area contributed by atoms with Crippen molar-refractivity contribution in [3.05, 3.63) is 21.9 Å². The number of hydrogen-bond acceptors (Lipinski definition) is 4. The van der Waals surface area contributed by atoms with Crippen LogP contribution in [-0.4, -0.2) is 29.4 Å². The summed E-state index contributed by atoms with van der Waals surface area (Å²) in [6, 6.07) is 0. The molecule has 0 spiro atoms. The molecule has 16 heavy (non-hydrogen) atoms. The number of hydrogen-bond donors (Lipinski definition) is 1. The molecular formula is C7H6FIN4O2S. The third-order valence-corrected chi connectivity index (χ3v) is 4.01. The topological polar surface area (TPSA) is 76.9 Å². The fourth-order valence-electron chi connectivity index (χ4n) is 1.19. The van der Waals surface area contributed by atoms with Crippen molar-refractivity contribution in [3.8, 4) is 0 Å². The lowest BCUT2D eigenvalue weighted by Crippen LogP contribution is -2.25. The lowest BCUT2D eigenvalue weighted by atomic mass is 10.5. The Morgan fingerprint density at radius 2 is 2.25 bits per heavy atom. The van der Waals surface area contributed by atoms with Gasteiger partial charge in [-0.1, -0.05) is 0 Å². The molecule has 9 heteroatoms. The molecule has 1 N–H and O–H groups in total. The summed E-state index contributed by atoms with van der Waals surface area (Å²) in [5.74, 6) is -0.824. The van der Waals surface area contributed by atoms with E-state index in [2.05, 4.69) is 14.7 Å². The normalized spacial score (nSPS) is 12.2. The van der Waals surface area contributed by atoms with Crippen LogP contribution < -0.4 is 4.72 Å². The van der Waals surface area contributed by atoms with Crippen LogP contribution in [0.25, 0.3) is 11.2 Å². The highest BCUT2D eigenvalue weighted by atomic mass is 127. The van der Waals surface area contributed by atoms with Gasteiger partial charge in [0, 0.05) is 13.2 Å². The first kappa shape index (κ1) is 11.7. The van der Waals surface area contributed by atoms with Crippen molar-refractivity contribution < 1.29 is 12.8 Å². The largest absolute Gasteiger partial charge is 0.306 e. The quantitative estimate of drug-likeness (QED) is 0.795. The molecule has 2 aromatic heterocycles. The van der Waals surface area contributed by atoms with Gasteiger partial charge < -0.3 is 0 Å². The molecule has 0 unspecified atom stereocenters. The minimum absolute atomic E-state index is 0.0289. The molecular weight excluding hydrogens is 350 g/mol.